The highest BCUT2D eigenvalue weighted by Crippen LogP contribution is 2.28. The summed E-state index contributed by atoms with van der Waals surface area (Å²) in [5.41, 5.74) is 2.98. The average molecular weight is 422 g/mol. The van der Waals surface area contributed by atoms with E-state index in [1.165, 1.54) is 0 Å². The van der Waals surface area contributed by atoms with Gasteiger partial charge in [0.25, 0.3) is 5.91 Å². The van der Waals surface area contributed by atoms with Gasteiger partial charge in [0, 0.05) is 6.54 Å². The fourth-order valence-corrected chi connectivity index (χ4v) is 3.43. The van der Waals surface area contributed by atoms with E-state index >= 15 is 0 Å². The van der Waals surface area contributed by atoms with Gasteiger partial charge in [-0.25, -0.2) is 4.68 Å². The van der Waals surface area contributed by atoms with Gasteiger partial charge in [-0.2, -0.15) is 0 Å². The van der Waals surface area contributed by atoms with Crippen molar-refractivity contribution in [1.82, 2.24) is 20.3 Å². The zero-order valence-corrected chi connectivity index (χ0v) is 17.9. The van der Waals surface area contributed by atoms with Crippen LogP contribution >= 0.6 is 0 Å². The molecular formula is C23H26N4O4. The van der Waals surface area contributed by atoms with Gasteiger partial charge >= 0.3 is 0 Å². The quantitative estimate of drug-likeness (QED) is 0.629. The third-order valence-corrected chi connectivity index (χ3v) is 5.05. The number of hydrogen-bond donors (Lipinski definition) is 1. The molecule has 0 radical (unpaired) electrons. The van der Waals surface area contributed by atoms with Gasteiger partial charge in [0.1, 0.15) is 17.6 Å². The van der Waals surface area contributed by atoms with Crippen LogP contribution in [0.4, 0.5) is 0 Å². The van der Waals surface area contributed by atoms with E-state index in [9.17, 15) is 4.79 Å². The fourth-order valence-electron chi connectivity index (χ4n) is 3.43. The van der Waals surface area contributed by atoms with Gasteiger partial charge in [0.2, 0.25) is 0 Å². The maximum Gasteiger partial charge on any atom is 0.274 e. The summed E-state index contributed by atoms with van der Waals surface area (Å²) in [5.74, 6) is 1.33. The Kier molecular flexibility index (Phi) is 6.18. The van der Waals surface area contributed by atoms with Gasteiger partial charge in [0.05, 0.1) is 32.1 Å². The Bertz CT molecular complexity index is 1030. The highest BCUT2D eigenvalue weighted by atomic mass is 16.5. The first-order valence-electron chi connectivity index (χ1n) is 10.2. The summed E-state index contributed by atoms with van der Waals surface area (Å²) in [6.45, 7) is 5.13. The predicted molar refractivity (Wildman–Crippen MR) is 114 cm³/mol. The molecule has 0 unspecified atom stereocenters. The van der Waals surface area contributed by atoms with E-state index in [1.807, 2.05) is 62.4 Å². The van der Waals surface area contributed by atoms with E-state index in [1.54, 1.807) is 11.8 Å². The lowest BCUT2D eigenvalue weighted by atomic mass is 10.1. The van der Waals surface area contributed by atoms with Crippen LogP contribution < -0.4 is 14.8 Å². The Morgan fingerprint density at radius 2 is 1.87 bits per heavy atom. The molecule has 0 spiro atoms. The number of ether oxygens (including phenoxy) is 3. The second-order valence-electron chi connectivity index (χ2n) is 7.63. The van der Waals surface area contributed by atoms with Crippen molar-refractivity contribution in [1.29, 1.82) is 0 Å². The van der Waals surface area contributed by atoms with Crippen LogP contribution in [0.1, 0.15) is 47.3 Å². The molecule has 1 atom stereocenters. The van der Waals surface area contributed by atoms with Crippen LogP contribution in [0, 0.1) is 0 Å². The van der Waals surface area contributed by atoms with Crippen molar-refractivity contribution in [2.24, 2.45) is 0 Å². The number of rotatable bonds is 7. The van der Waals surface area contributed by atoms with Crippen LogP contribution in [0.15, 0.2) is 48.5 Å². The minimum atomic E-state index is -0.268. The van der Waals surface area contributed by atoms with Crippen molar-refractivity contribution in [2.45, 2.75) is 45.8 Å². The van der Waals surface area contributed by atoms with E-state index in [-0.39, 0.29) is 24.7 Å². The van der Waals surface area contributed by atoms with Crippen molar-refractivity contribution < 1.29 is 19.0 Å². The molecular weight excluding hydrogens is 396 g/mol. The molecule has 0 saturated heterocycles. The Hall–Kier alpha value is -3.39. The predicted octanol–water partition coefficient (Wildman–Crippen LogP) is 3.28. The molecule has 0 fully saturated rings. The van der Waals surface area contributed by atoms with Gasteiger partial charge in [0.15, 0.2) is 5.69 Å². The first-order valence-corrected chi connectivity index (χ1v) is 10.2. The lowest BCUT2D eigenvalue weighted by Gasteiger charge is -2.24. The molecule has 0 bridgehead atoms. The van der Waals surface area contributed by atoms with Crippen LogP contribution in [0.5, 0.6) is 11.5 Å². The van der Waals surface area contributed by atoms with Crippen molar-refractivity contribution >= 4 is 5.91 Å². The molecule has 4 rings (SSSR count). The molecule has 2 heterocycles. The number of benzene rings is 2. The Morgan fingerprint density at radius 1 is 1.16 bits per heavy atom. The van der Waals surface area contributed by atoms with Crippen LogP contribution in [0.3, 0.4) is 0 Å². The third kappa shape index (κ3) is 4.86. The highest BCUT2D eigenvalue weighted by molar-refractivity contribution is 5.93. The van der Waals surface area contributed by atoms with Gasteiger partial charge < -0.3 is 19.5 Å². The maximum atomic E-state index is 12.7. The number of nitrogens with zero attached hydrogens (tertiary/aromatic N) is 3. The number of carbonyl (C=O) groups is 1. The van der Waals surface area contributed by atoms with Gasteiger partial charge in [-0.3, -0.25) is 4.79 Å². The third-order valence-electron chi connectivity index (χ3n) is 5.05. The Balaban J connectivity index is 1.37. The van der Waals surface area contributed by atoms with Gasteiger partial charge in [-0.05, 0) is 49.2 Å². The van der Waals surface area contributed by atoms with E-state index < -0.39 is 0 Å². The van der Waals surface area contributed by atoms with Gasteiger partial charge in [-0.1, -0.05) is 29.5 Å². The second kappa shape index (κ2) is 9.18. The Labute approximate surface area is 181 Å². The topological polar surface area (TPSA) is 87.5 Å². The van der Waals surface area contributed by atoms with E-state index in [4.69, 9.17) is 14.2 Å². The van der Waals surface area contributed by atoms with Crippen LogP contribution in [-0.2, 0) is 24.4 Å². The molecule has 1 aliphatic heterocycles. The number of methoxy groups -OCH3 is 1. The number of aromatic nitrogens is 3. The summed E-state index contributed by atoms with van der Waals surface area (Å²) in [7, 11) is 1.64. The number of nitrogens with one attached hydrogen (secondary N) is 1. The summed E-state index contributed by atoms with van der Waals surface area (Å²) < 4.78 is 18.6. The van der Waals surface area contributed by atoms with Gasteiger partial charge in [-0.15, -0.1) is 5.10 Å². The van der Waals surface area contributed by atoms with E-state index in [0.29, 0.717) is 24.5 Å². The molecule has 162 valence electrons. The van der Waals surface area contributed by atoms with Crippen molar-refractivity contribution in [3.8, 4) is 11.5 Å². The molecule has 1 aliphatic rings. The Morgan fingerprint density at radius 3 is 2.55 bits per heavy atom. The lowest BCUT2D eigenvalue weighted by molar-refractivity contribution is -0.00179. The van der Waals surface area contributed by atoms with Crippen LogP contribution in [-0.4, -0.2) is 34.1 Å². The molecule has 0 saturated carbocycles. The largest absolute Gasteiger partial charge is 0.497 e. The fraction of sp³-hybridized carbons (Fsp3) is 0.348. The summed E-state index contributed by atoms with van der Waals surface area (Å²) in [6.07, 6.45) is -0.0285. The molecule has 2 aromatic carbocycles. The summed E-state index contributed by atoms with van der Waals surface area (Å²) >= 11 is 0. The number of amides is 1. The van der Waals surface area contributed by atoms with Crippen molar-refractivity contribution in [3.05, 3.63) is 71.0 Å². The zero-order chi connectivity index (χ0) is 21.8. The normalized spacial score (nSPS) is 15.4. The van der Waals surface area contributed by atoms with Crippen LogP contribution in [0.2, 0.25) is 0 Å². The minimum Gasteiger partial charge on any atom is -0.497 e. The molecule has 1 N–H and O–H groups in total. The average Bonchev–Trinajstić information content (AvgIpc) is 3.21. The standard InChI is InChI=1S/C23H26N4O4/c1-15(2)31-19-8-4-16(5-9-19)12-24-23(28)22-20-14-30-21(13-27(20)26-25-22)17-6-10-18(29-3)11-7-17/h4-11,15,21H,12-14H2,1-3H3,(H,24,28)/t21-/m1/s1. The lowest BCUT2D eigenvalue weighted by Crippen LogP contribution is -2.27. The molecule has 3 aromatic rings. The van der Waals surface area contributed by atoms with E-state index in [2.05, 4.69) is 15.6 Å². The second-order valence-corrected chi connectivity index (χ2v) is 7.63. The first kappa shape index (κ1) is 20.9. The van der Waals surface area contributed by atoms with Crippen LogP contribution in [0.25, 0.3) is 0 Å². The minimum absolute atomic E-state index is 0.122. The highest BCUT2D eigenvalue weighted by Gasteiger charge is 2.27. The smallest absolute Gasteiger partial charge is 0.274 e. The zero-order valence-electron chi connectivity index (χ0n) is 17.9. The van der Waals surface area contributed by atoms with E-state index in [0.717, 1.165) is 22.6 Å². The maximum absolute atomic E-state index is 12.7. The summed E-state index contributed by atoms with van der Waals surface area (Å²) in [6, 6.07) is 15.4. The molecule has 8 nitrogen and oxygen atoms in total. The molecule has 8 heteroatoms. The summed E-state index contributed by atoms with van der Waals surface area (Å²) in [4.78, 5) is 12.7. The monoisotopic (exact) mass is 422 g/mol. The van der Waals surface area contributed by atoms with Crippen molar-refractivity contribution in [2.75, 3.05) is 7.11 Å². The van der Waals surface area contributed by atoms with Crippen molar-refractivity contribution in [3.63, 3.8) is 0 Å². The number of hydrogen-bond acceptors (Lipinski definition) is 6. The first-order chi connectivity index (χ1) is 15.0. The number of fused-ring (bicyclic) bond motifs is 1. The molecule has 0 aliphatic carbocycles. The number of carbonyl (C=O) groups excluding carboxylic acids is 1. The molecule has 1 aromatic heterocycles. The molecule has 31 heavy (non-hydrogen) atoms. The summed E-state index contributed by atoms with van der Waals surface area (Å²) in [5, 5.41) is 11.2. The molecule has 1 amide bonds. The SMILES string of the molecule is COc1ccc([C@H]2Cn3nnc(C(=O)NCc4ccc(OC(C)C)cc4)c3CO2)cc1.